The number of nitro groups is 1. The first-order valence-corrected chi connectivity index (χ1v) is 3.43. The lowest BCUT2D eigenvalue weighted by molar-refractivity contribution is -0.352. The molecule has 12 heavy (non-hydrogen) atoms. The van der Waals surface area contributed by atoms with Gasteiger partial charge in [0.2, 0.25) is 0 Å². The van der Waals surface area contributed by atoms with Gasteiger partial charge >= 0.3 is 5.96 Å². The molecule has 0 unspecified atom stereocenters. The molecule has 0 fully saturated rings. The highest BCUT2D eigenvalue weighted by atomic mass is 16.6. The summed E-state index contributed by atoms with van der Waals surface area (Å²) in [7, 11) is 0. The minimum Gasteiger partial charge on any atom is -0.390 e. The summed E-state index contributed by atoms with van der Waals surface area (Å²) in [5.41, 5.74) is 0.606. The van der Waals surface area contributed by atoms with Gasteiger partial charge in [0.15, 0.2) is 0 Å². The van der Waals surface area contributed by atoms with Gasteiger partial charge in [-0.05, 0) is 25.7 Å². The Morgan fingerprint density at radius 2 is 2.08 bits per heavy atom. The second-order valence-electron chi connectivity index (χ2n) is 2.23. The van der Waals surface area contributed by atoms with Crippen LogP contribution in [0.1, 0.15) is 20.8 Å². The summed E-state index contributed by atoms with van der Waals surface area (Å²) in [6, 6.07) is 0. The maximum Gasteiger partial charge on any atom is 0.468 e. The van der Waals surface area contributed by atoms with Crippen molar-refractivity contribution < 1.29 is 4.92 Å². The normalized spacial score (nSPS) is 11.8. The third-order valence-electron chi connectivity index (χ3n) is 0.826. The highest BCUT2D eigenvalue weighted by molar-refractivity contribution is 5.91. The Hall–Kier alpha value is -1.52. The standard InChI is InChI=1S/C7H11N3O2/c1-4-5-8-7(10(11)12)9-6(2)3/h4-5H,1-3H3/b5-4-,8-7+. The quantitative estimate of drug-likeness (QED) is 0.259. The van der Waals surface area contributed by atoms with Crippen LogP contribution in [0.5, 0.6) is 0 Å². The first kappa shape index (κ1) is 10.5. The van der Waals surface area contributed by atoms with E-state index in [9.17, 15) is 10.1 Å². The molecule has 0 aliphatic carbocycles. The van der Waals surface area contributed by atoms with E-state index < -0.39 is 4.92 Å². The van der Waals surface area contributed by atoms with Gasteiger partial charge in [0.1, 0.15) is 6.20 Å². The summed E-state index contributed by atoms with van der Waals surface area (Å²) in [6.45, 7) is 5.08. The minimum atomic E-state index is -0.618. The molecule has 0 saturated heterocycles. The maximum atomic E-state index is 10.3. The van der Waals surface area contributed by atoms with E-state index >= 15 is 0 Å². The van der Waals surface area contributed by atoms with Crippen LogP contribution in [0.25, 0.3) is 0 Å². The number of aliphatic imine (C=N–C) groups is 2. The van der Waals surface area contributed by atoms with Crippen molar-refractivity contribution in [2.75, 3.05) is 0 Å². The molecule has 0 aliphatic rings. The largest absolute Gasteiger partial charge is 0.468 e. The topological polar surface area (TPSA) is 67.9 Å². The Kier molecular flexibility index (Phi) is 4.52. The lowest BCUT2D eigenvalue weighted by Crippen LogP contribution is -2.09. The van der Waals surface area contributed by atoms with Crippen molar-refractivity contribution in [2.45, 2.75) is 20.8 Å². The summed E-state index contributed by atoms with van der Waals surface area (Å²) >= 11 is 0. The van der Waals surface area contributed by atoms with Crippen LogP contribution < -0.4 is 0 Å². The zero-order valence-corrected chi connectivity index (χ0v) is 7.31. The predicted molar refractivity (Wildman–Crippen MR) is 48.0 cm³/mol. The molecular formula is C7H11N3O2. The van der Waals surface area contributed by atoms with Gasteiger partial charge in [0.25, 0.3) is 0 Å². The molecule has 0 aromatic carbocycles. The van der Waals surface area contributed by atoms with Crippen molar-refractivity contribution in [3.05, 3.63) is 22.4 Å². The van der Waals surface area contributed by atoms with Crippen LogP contribution in [0.4, 0.5) is 0 Å². The van der Waals surface area contributed by atoms with Gasteiger partial charge < -0.3 is 10.1 Å². The van der Waals surface area contributed by atoms with Crippen LogP contribution in [0.3, 0.4) is 0 Å². The smallest absolute Gasteiger partial charge is 0.390 e. The van der Waals surface area contributed by atoms with Crippen molar-refractivity contribution in [1.29, 1.82) is 0 Å². The van der Waals surface area contributed by atoms with Gasteiger partial charge in [-0.1, -0.05) is 16.1 Å². The van der Waals surface area contributed by atoms with E-state index in [1.54, 1.807) is 26.8 Å². The lowest BCUT2D eigenvalue weighted by Gasteiger charge is -1.90. The fraction of sp³-hybridized carbons (Fsp3) is 0.429. The fourth-order valence-corrected chi connectivity index (χ4v) is 0.458. The molecule has 0 rings (SSSR count). The lowest BCUT2D eigenvalue weighted by atomic mass is 10.5. The monoisotopic (exact) mass is 169 g/mol. The van der Waals surface area contributed by atoms with Crippen LogP contribution in [-0.2, 0) is 0 Å². The van der Waals surface area contributed by atoms with E-state index in [2.05, 4.69) is 9.98 Å². The van der Waals surface area contributed by atoms with Gasteiger partial charge in [0, 0.05) is 0 Å². The van der Waals surface area contributed by atoms with Gasteiger partial charge in [-0.15, -0.1) is 0 Å². The molecular weight excluding hydrogens is 158 g/mol. The summed E-state index contributed by atoms with van der Waals surface area (Å²) in [6.07, 6.45) is 2.94. The van der Waals surface area contributed by atoms with Crippen molar-refractivity contribution in [3.63, 3.8) is 0 Å². The van der Waals surface area contributed by atoms with Gasteiger partial charge in [-0.25, -0.2) is 0 Å². The first-order chi connectivity index (χ1) is 5.57. The average molecular weight is 169 g/mol. The molecule has 0 heterocycles. The molecule has 0 N–H and O–H groups in total. The Bertz CT molecular complexity index is 249. The van der Waals surface area contributed by atoms with Gasteiger partial charge in [0.05, 0.1) is 5.71 Å². The van der Waals surface area contributed by atoms with Gasteiger partial charge in [-0.2, -0.15) is 0 Å². The van der Waals surface area contributed by atoms with Gasteiger partial charge in [-0.3, -0.25) is 0 Å². The average Bonchev–Trinajstić information content (AvgIpc) is 1.96. The SMILES string of the molecule is C/C=C\N=C(/N=C(C)C)[N+](=O)[O-]. The molecule has 0 spiro atoms. The van der Waals surface area contributed by atoms with Crippen LogP contribution in [0.2, 0.25) is 0 Å². The molecule has 0 atom stereocenters. The highest BCUT2D eigenvalue weighted by Gasteiger charge is 2.07. The molecule has 0 radical (unpaired) electrons. The van der Waals surface area contributed by atoms with Crippen molar-refractivity contribution in [3.8, 4) is 0 Å². The molecule has 0 bridgehead atoms. The second kappa shape index (κ2) is 5.17. The summed E-state index contributed by atoms with van der Waals surface area (Å²) in [5.74, 6) is -0.381. The van der Waals surface area contributed by atoms with E-state index in [1.807, 2.05) is 0 Å². The Morgan fingerprint density at radius 1 is 1.50 bits per heavy atom. The van der Waals surface area contributed by atoms with Crippen LogP contribution in [-0.4, -0.2) is 16.6 Å². The predicted octanol–water partition coefficient (Wildman–Crippen LogP) is 1.63. The Morgan fingerprint density at radius 3 is 2.42 bits per heavy atom. The zero-order valence-electron chi connectivity index (χ0n) is 7.31. The number of nitrogens with zero attached hydrogens (tertiary/aromatic N) is 3. The molecule has 5 nitrogen and oxygen atoms in total. The third-order valence-corrected chi connectivity index (χ3v) is 0.826. The number of rotatable bonds is 1. The summed E-state index contributed by atoms with van der Waals surface area (Å²) < 4.78 is 0. The highest BCUT2D eigenvalue weighted by Crippen LogP contribution is 1.87. The molecule has 0 amide bonds. The minimum absolute atomic E-state index is 0.381. The van der Waals surface area contributed by atoms with E-state index in [4.69, 9.17) is 0 Å². The fourth-order valence-electron chi connectivity index (χ4n) is 0.458. The Balaban J connectivity index is 4.67. The van der Waals surface area contributed by atoms with Crippen LogP contribution in [0.15, 0.2) is 22.3 Å². The third kappa shape index (κ3) is 4.32. The number of allylic oxidation sites excluding steroid dienone is 1. The van der Waals surface area contributed by atoms with Crippen LogP contribution >= 0.6 is 0 Å². The maximum absolute atomic E-state index is 10.3. The van der Waals surface area contributed by atoms with Crippen LogP contribution in [0, 0.1) is 10.1 Å². The number of hydrogen-bond donors (Lipinski definition) is 0. The molecule has 0 saturated carbocycles. The van der Waals surface area contributed by atoms with Crippen molar-refractivity contribution >= 4 is 11.7 Å². The van der Waals surface area contributed by atoms with Crippen molar-refractivity contribution in [1.82, 2.24) is 0 Å². The molecule has 0 aromatic rings. The molecule has 0 aromatic heterocycles. The molecule has 66 valence electrons. The van der Waals surface area contributed by atoms with E-state index in [1.165, 1.54) is 6.20 Å². The zero-order chi connectivity index (χ0) is 9.56. The first-order valence-electron chi connectivity index (χ1n) is 3.43. The van der Waals surface area contributed by atoms with E-state index in [0.29, 0.717) is 5.71 Å². The summed E-state index contributed by atoms with van der Waals surface area (Å²) in [5, 5.41) is 10.3. The number of hydrogen-bond acceptors (Lipinski definition) is 3. The molecule has 0 aliphatic heterocycles. The second-order valence-corrected chi connectivity index (χ2v) is 2.23. The Labute approximate surface area is 70.7 Å². The molecule has 5 heteroatoms. The van der Waals surface area contributed by atoms with E-state index in [0.717, 1.165) is 0 Å². The van der Waals surface area contributed by atoms with Crippen molar-refractivity contribution in [2.24, 2.45) is 9.98 Å². The number of guanidine groups is 1. The van der Waals surface area contributed by atoms with E-state index in [-0.39, 0.29) is 5.96 Å². The summed E-state index contributed by atoms with van der Waals surface area (Å²) in [4.78, 5) is 16.8.